The first kappa shape index (κ1) is 22.8. The van der Waals surface area contributed by atoms with E-state index >= 15 is 0 Å². The summed E-state index contributed by atoms with van der Waals surface area (Å²) in [5.41, 5.74) is 6.38. The van der Waals surface area contributed by atoms with Gasteiger partial charge < -0.3 is 20.5 Å². The van der Waals surface area contributed by atoms with E-state index in [2.05, 4.69) is 10.6 Å². The SMILES string of the molecule is Cc1c(Cl)ccc2c1NC(=O)C21NC(CCC(N)=O)[C@H]2C(=O)N(Cc3ccc4c(c3)OCO4)C(=O)[C@H]21. The van der Waals surface area contributed by atoms with Crippen LogP contribution < -0.4 is 25.8 Å². The highest BCUT2D eigenvalue weighted by Crippen LogP contribution is 2.54. The van der Waals surface area contributed by atoms with E-state index in [1.165, 1.54) is 4.90 Å². The maximum absolute atomic E-state index is 13.9. The number of hydrogen-bond donors (Lipinski definition) is 3. The highest BCUT2D eigenvalue weighted by molar-refractivity contribution is 6.32. The van der Waals surface area contributed by atoms with E-state index in [9.17, 15) is 19.2 Å². The van der Waals surface area contributed by atoms with E-state index in [1.807, 2.05) is 0 Å². The Morgan fingerprint density at radius 2 is 1.94 bits per heavy atom. The summed E-state index contributed by atoms with van der Waals surface area (Å²) < 4.78 is 10.8. The number of carbonyl (C=O) groups excluding carboxylic acids is 4. The zero-order chi connectivity index (χ0) is 25.4. The van der Waals surface area contributed by atoms with Gasteiger partial charge in [0.25, 0.3) is 0 Å². The quantitative estimate of drug-likeness (QED) is 0.518. The molecule has 0 aliphatic carbocycles. The van der Waals surface area contributed by atoms with E-state index in [0.717, 1.165) is 0 Å². The van der Waals surface area contributed by atoms with Crippen molar-refractivity contribution in [2.45, 2.75) is 37.9 Å². The van der Waals surface area contributed by atoms with Crippen molar-refractivity contribution in [1.29, 1.82) is 0 Å². The van der Waals surface area contributed by atoms with Crippen molar-refractivity contribution in [3.05, 3.63) is 52.0 Å². The second kappa shape index (κ2) is 7.94. The summed E-state index contributed by atoms with van der Waals surface area (Å²) in [6.45, 7) is 1.91. The number of nitrogens with one attached hydrogen (secondary N) is 2. The van der Waals surface area contributed by atoms with Gasteiger partial charge in [-0.05, 0) is 42.7 Å². The fourth-order valence-corrected chi connectivity index (χ4v) is 6.13. The lowest BCUT2D eigenvalue weighted by Gasteiger charge is -2.29. The van der Waals surface area contributed by atoms with Crippen molar-refractivity contribution < 1.29 is 28.7 Å². The molecule has 4 atom stereocenters. The highest BCUT2D eigenvalue weighted by atomic mass is 35.5. The van der Waals surface area contributed by atoms with Crippen molar-refractivity contribution >= 4 is 40.9 Å². The lowest BCUT2D eigenvalue weighted by atomic mass is 9.76. The van der Waals surface area contributed by atoms with Crippen molar-refractivity contribution in [3.8, 4) is 11.5 Å². The minimum Gasteiger partial charge on any atom is -0.454 e. The van der Waals surface area contributed by atoms with Crippen LogP contribution in [-0.2, 0) is 31.3 Å². The number of hydrogen-bond acceptors (Lipinski definition) is 7. The number of primary amides is 1. The average molecular weight is 511 g/mol. The molecule has 4 aliphatic heterocycles. The number of anilines is 1. The minimum atomic E-state index is -1.46. The molecule has 0 saturated carbocycles. The summed E-state index contributed by atoms with van der Waals surface area (Å²) >= 11 is 6.29. The van der Waals surface area contributed by atoms with Crippen molar-refractivity contribution in [2.24, 2.45) is 17.6 Å². The predicted molar refractivity (Wildman–Crippen MR) is 127 cm³/mol. The summed E-state index contributed by atoms with van der Waals surface area (Å²) in [6.07, 6.45) is 0.221. The fraction of sp³-hybridized carbons (Fsp3) is 0.360. The lowest BCUT2D eigenvalue weighted by molar-refractivity contribution is -0.143. The smallest absolute Gasteiger partial charge is 0.250 e. The number of carbonyl (C=O) groups is 4. The molecule has 0 bridgehead atoms. The van der Waals surface area contributed by atoms with Gasteiger partial charge in [0.2, 0.25) is 30.4 Å². The minimum absolute atomic E-state index is 0.00865. The second-order valence-electron chi connectivity index (χ2n) is 9.57. The molecule has 2 aromatic carbocycles. The average Bonchev–Trinajstić information content (AvgIpc) is 3.57. The first-order valence-corrected chi connectivity index (χ1v) is 12.0. The number of imide groups is 1. The molecule has 4 aliphatic rings. The van der Waals surface area contributed by atoms with E-state index in [4.69, 9.17) is 26.8 Å². The molecule has 36 heavy (non-hydrogen) atoms. The molecule has 4 N–H and O–H groups in total. The van der Waals surface area contributed by atoms with E-state index in [0.29, 0.717) is 38.9 Å². The summed E-state index contributed by atoms with van der Waals surface area (Å²) in [4.78, 5) is 53.9. The Bertz CT molecular complexity index is 1360. The molecule has 4 heterocycles. The van der Waals surface area contributed by atoms with Crippen molar-refractivity contribution in [2.75, 3.05) is 12.1 Å². The topological polar surface area (TPSA) is 140 Å². The van der Waals surface area contributed by atoms with Crippen molar-refractivity contribution in [1.82, 2.24) is 10.2 Å². The molecule has 2 unspecified atom stereocenters. The van der Waals surface area contributed by atoms with Gasteiger partial charge in [0.15, 0.2) is 11.5 Å². The molecule has 2 aromatic rings. The van der Waals surface area contributed by atoms with Gasteiger partial charge in [-0.1, -0.05) is 23.7 Å². The second-order valence-corrected chi connectivity index (χ2v) is 9.97. The molecular weight excluding hydrogens is 488 g/mol. The van der Waals surface area contributed by atoms with Gasteiger partial charge in [-0.3, -0.25) is 29.4 Å². The summed E-state index contributed by atoms with van der Waals surface area (Å²) in [6, 6.07) is 8.02. The number of rotatable bonds is 5. The van der Waals surface area contributed by atoms with E-state index in [-0.39, 0.29) is 26.2 Å². The maximum Gasteiger partial charge on any atom is 0.250 e. The Morgan fingerprint density at radius 3 is 2.72 bits per heavy atom. The van der Waals surface area contributed by atoms with Gasteiger partial charge in [0.1, 0.15) is 5.54 Å². The molecular formula is C25H23ClN4O6. The normalized spacial score (nSPS) is 27.6. The Morgan fingerprint density at radius 1 is 1.17 bits per heavy atom. The first-order valence-electron chi connectivity index (χ1n) is 11.6. The maximum atomic E-state index is 13.9. The summed E-state index contributed by atoms with van der Waals surface area (Å²) in [5.74, 6) is -2.48. The molecule has 6 rings (SSSR count). The summed E-state index contributed by atoms with van der Waals surface area (Å²) in [7, 11) is 0. The van der Waals surface area contributed by atoms with Crippen LogP contribution in [0.3, 0.4) is 0 Å². The number of fused-ring (bicyclic) bond motifs is 5. The summed E-state index contributed by atoms with van der Waals surface area (Å²) in [5, 5.41) is 6.64. The van der Waals surface area contributed by atoms with Crippen LogP contribution in [0.2, 0.25) is 5.02 Å². The third-order valence-corrected chi connectivity index (χ3v) is 8.06. The lowest BCUT2D eigenvalue weighted by Crippen LogP contribution is -2.53. The Kier molecular flexibility index (Phi) is 5.03. The molecule has 0 radical (unpaired) electrons. The number of ether oxygens (including phenoxy) is 2. The zero-order valence-electron chi connectivity index (χ0n) is 19.3. The fourth-order valence-electron chi connectivity index (χ4n) is 5.97. The third-order valence-electron chi connectivity index (χ3n) is 7.66. The van der Waals surface area contributed by atoms with Gasteiger partial charge in [-0.2, -0.15) is 0 Å². The first-order chi connectivity index (χ1) is 17.2. The van der Waals surface area contributed by atoms with Crippen LogP contribution in [0, 0.1) is 18.8 Å². The molecule has 186 valence electrons. The monoisotopic (exact) mass is 510 g/mol. The highest BCUT2D eigenvalue weighted by Gasteiger charge is 2.70. The molecule has 10 nitrogen and oxygen atoms in total. The van der Waals surface area contributed by atoms with E-state index < -0.39 is 47.0 Å². The number of amides is 4. The largest absolute Gasteiger partial charge is 0.454 e. The number of nitrogens with two attached hydrogens (primary N) is 1. The molecule has 2 saturated heterocycles. The number of likely N-dealkylation sites (tertiary alicyclic amines) is 1. The van der Waals surface area contributed by atoms with Gasteiger partial charge in [0.05, 0.1) is 24.1 Å². The van der Waals surface area contributed by atoms with Gasteiger partial charge in [-0.15, -0.1) is 0 Å². The number of benzene rings is 2. The van der Waals surface area contributed by atoms with Crippen LogP contribution in [-0.4, -0.2) is 41.4 Å². The Hall–Kier alpha value is -3.63. The van der Waals surface area contributed by atoms with Gasteiger partial charge >= 0.3 is 0 Å². The predicted octanol–water partition coefficient (Wildman–Crippen LogP) is 1.56. The Labute approximate surface area is 211 Å². The van der Waals surface area contributed by atoms with Crippen LogP contribution >= 0.6 is 11.6 Å². The van der Waals surface area contributed by atoms with E-state index in [1.54, 1.807) is 37.3 Å². The number of halogens is 1. The molecule has 11 heteroatoms. The van der Waals surface area contributed by atoms with Gasteiger partial charge in [-0.25, -0.2) is 0 Å². The van der Waals surface area contributed by atoms with Gasteiger partial charge in [0, 0.05) is 23.0 Å². The van der Waals surface area contributed by atoms with Crippen molar-refractivity contribution in [3.63, 3.8) is 0 Å². The molecule has 1 spiro atoms. The standard InChI is InChI=1S/C25H23ClN4O6/c1-11-14(26)4-3-13-21(11)28-24(34)25(13)20-19(15(29-25)5-7-18(27)31)22(32)30(23(20)33)9-12-2-6-16-17(8-12)36-10-35-16/h2-4,6,8,15,19-20,29H,5,7,9-10H2,1H3,(H2,27,31)(H,28,34)/t15?,19-,20+,25?/m1/s1. The molecule has 2 fully saturated rings. The molecule has 4 amide bonds. The van der Waals surface area contributed by atoms with Crippen LogP contribution in [0.1, 0.15) is 29.5 Å². The van der Waals surface area contributed by atoms with Crippen LogP contribution in [0.25, 0.3) is 0 Å². The zero-order valence-corrected chi connectivity index (χ0v) is 20.1. The van der Waals surface area contributed by atoms with Crippen LogP contribution in [0.4, 0.5) is 5.69 Å². The number of nitrogens with zero attached hydrogens (tertiary/aromatic N) is 1. The third kappa shape index (κ3) is 3.07. The Balaban J connectivity index is 1.41. The molecule has 0 aromatic heterocycles. The van der Waals surface area contributed by atoms with Crippen LogP contribution in [0.5, 0.6) is 11.5 Å². The van der Waals surface area contributed by atoms with Crippen LogP contribution in [0.15, 0.2) is 30.3 Å².